The molecule has 0 saturated carbocycles. The molecule has 1 aromatic heterocycles. The van der Waals surface area contributed by atoms with Crippen molar-refractivity contribution in [3.8, 4) is 5.75 Å². The molecule has 2 amide bonds. The Kier molecular flexibility index (Phi) is 6.82. The second kappa shape index (κ2) is 9.97. The van der Waals surface area contributed by atoms with E-state index in [4.69, 9.17) is 4.74 Å². The van der Waals surface area contributed by atoms with Crippen molar-refractivity contribution in [3.05, 3.63) is 84.4 Å². The normalized spacial score (nSPS) is 12.2. The van der Waals surface area contributed by atoms with Crippen molar-refractivity contribution >= 4 is 28.5 Å². The molecule has 3 aromatic carbocycles. The summed E-state index contributed by atoms with van der Waals surface area (Å²) in [5.41, 5.74) is 2.17. The molecule has 8 heteroatoms. The zero-order valence-electron chi connectivity index (χ0n) is 20.3. The number of nitrogens with one attached hydrogen (secondary N) is 1. The molecule has 4 rings (SSSR count). The molecular formula is C27H29N5O3. The summed E-state index contributed by atoms with van der Waals surface area (Å²) in [6.07, 6.45) is 0. The molecule has 0 aliphatic carbocycles. The van der Waals surface area contributed by atoms with E-state index in [1.165, 1.54) is 4.90 Å². The van der Waals surface area contributed by atoms with Crippen LogP contribution < -0.4 is 15.0 Å². The summed E-state index contributed by atoms with van der Waals surface area (Å²) in [5.74, 6) is -0.00562. The van der Waals surface area contributed by atoms with Crippen LogP contribution in [0, 0.1) is 0 Å². The second-order valence-corrected chi connectivity index (χ2v) is 9.25. The summed E-state index contributed by atoms with van der Waals surface area (Å²) >= 11 is 0. The molecule has 180 valence electrons. The highest BCUT2D eigenvalue weighted by molar-refractivity contribution is 6.01. The van der Waals surface area contributed by atoms with Crippen LogP contribution in [0.1, 0.15) is 32.4 Å². The molecule has 8 nitrogen and oxygen atoms in total. The van der Waals surface area contributed by atoms with E-state index in [9.17, 15) is 9.59 Å². The lowest BCUT2D eigenvalue weighted by Crippen LogP contribution is -2.50. The molecule has 0 aliphatic rings. The van der Waals surface area contributed by atoms with Gasteiger partial charge in [0, 0.05) is 11.2 Å². The van der Waals surface area contributed by atoms with Crippen molar-refractivity contribution in [2.75, 3.05) is 12.0 Å². The molecular weight excluding hydrogens is 442 g/mol. The van der Waals surface area contributed by atoms with Gasteiger partial charge in [-0.15, -0.1) is 5.10 Å². The molecule has 1 atom stereocenters. The monoisotopic (exact) mass is 471 g/mol. The van der Waals surface area contributed by atoms with Crippen LogP contribution in [0.25, 0.3) is 11.0 Å². The fourth-order valence-electron chi connectivity index (χ4n) is 3.93. The van der Waals surface area contributed by atoms with Gasteiger partial charge in [0.15, 0.2) is 0 Å². The first-order chi connectivity index (χ1) is 16.8. The fraction of sp³-hybridized carbons (Fsp3) is 0.259. The molecule has 1 heterocycles. The van der Waals surface area contributed by atoms with Crippen LogP contribution in [0.2, 0.25) is 0 Å². The lowest BCUT2D eigenvalue weighted by Gasteiger charge is -2.34. The van der Waals surface area contributed by atoms with Gasteiger partial charge in [0.25, 0.3) is 0 Å². The number of anilines is 1. The summed E-state index contributed by atoms with van der Waals surface area (Å²) in [6.45, 7) is 5.63. The van der Waals surface area contributed by atoms with Gasteiger partial charge in [0.1, 0.15) is 23.9 Å². The number of ether oxygens (including phenoxy) is 1. The highest BCUT2D eigenvalue weighted by Crippen LogP contribution is 2.31. The smallest absolute Gasteiger partial charge is 0.249 e. The summed E-state index contributed by atoms with van der Waals surface area (Å²) in [4.78, 5) is 29.2. The van der Waals surface area contributed by atoms with Crippen LogP contribution in [-0.2, 0) is 16.1 Å². The fourth-order valence-corrected chi connectivity index (χ4v) is 3.93. The third kappa shape index (κ3) is 5.48. The van der Waals surface area contributed by atoms with Gasteiger partial charge in [-0.25, -0.2) is 4.68 Å². The van der Waals surface area contributed by atoms with Gasteiger partial charge in [0.2, 0.25) is 11.8 Å². The van der Waals surface area contributed by atoms with E-state index in [0.29, 0.717) is 22.5 Å². The van der Waals surface area contributed by atoms with E-state index in [1.54, 1.807) is 23.9 Å². The average molecular weight is 472 g/mol. The Morgan fingerprint density at radius 1 is 1.00 bits per heavy atom. The molecule has 0 aliphatic heterocycles. The zero-order chi connectivity index (χ0) is 25.0. The van der Waals surface area contributed by atoms with E-state index in [-0.39, 0.29) is 18.4 Å². The summed E-state index contributed by atoms with van der Waals surface area (Å²) in [6, 6.07) is 22.9. The third-order valence-corrected chi connectivity index (χ3v) is 5.42. The Labute approximate surface area is 204 Å². The van der Waals surface area contributed by atoms with E-state index < -0.39 is 11.6 Å². The Morgan fingerprint density at radius 2 is 1.71 bits per heavy atom. The number of methoxy groups -OCH3 is 1. The Morgan fingerprint density at radius 3 is 2.43 bits per heavy atom. The first-order valence-electron chi connectivity index (χ1n) is 11.4. The summed E-state index contributed by atoms with van der Waals surface area (Å²) in [5, 5.41) is 11.4. The van der Waals surface area contributed by atoms with Crippen molar-refractivity contribution in [2.24, 2.45) is 0 Å². The van der Waals surface area contributed by atoms with Gasteiger partial charge >= 0.3 is 0 Å². The quantitative estimate of drug-likeness (QED) is 0.438. The lowest BCUT2D eigenvalue weighted by atomic mass is 10.0. The number of hydrogen-bond donors (Lipinski definition) is 1. The molecule has 0 saturated heterocycles. The molecule has 4 aromatic rings. The van der Waals surface area contributed by atoms with Crippen molar-refractivity contribution in [3.63, 3.8) is 0 Å². The number of amides is 2. The van der Waals surface area contributed by atoms with E-state index >= 15 is 0 Å². The number of carbonyl (C=O) groups excluding carboxylic acids is 2. The summed E-state index contributed by atoms with van der Waals surface area (Å²) < 4.78 is 6.96. The number of nitrogens with zero attached hydrogens (tertiary/aromatic N) is 4. The van der Waals surface area contributed by atoms with Gasteiger partial charge in [0.05, 0.1) is 12.6 Å². The van der Waals surface area contributed by atoms with E-state index in [0.717, 1.165) is 5.52 Å². The van der Waals surface area contributed by atoms with E-state index in [1.807, 2.05) is 87.5 Å². The number of benzene rings is 3. The van der Waals surface area contributed by atoms with Crippen LogP contribution in [0.5, 0.6) is 5.75 Å². The predicted molar refractivity (Wildman–Crippen MR) is 135 cm³/mol. The minimum absolute atomic E-state index is 0.0846. The Bertz CT molecular complexity index is 1330. The number of para-hydroxylation sites is 2. The van der Waals surface area contributed by atoms with Gasteiger partial charge in [-0.2, -0.15) is 0 Å². The van der Waals surface area contributed by atoms with Crippen LogP contribution in [0.15, 0.2) is 78.9 Å². The average Bonchev–Trinajstić information content (AvgIpc) is 3.24. The van der Waals surface area contributed by atoms with Crippen LogP contribution >= 0.6 is 0 Å². The molecule has 1 N–H and O–H groups in total. The van der Waals surface area contributed by atoms with Crippen molar-refractivity contribution in [1.29, 1.82) is 0 Å². The topological polar surface area (TPSA) is 89.4 Å². The van der Waals surface area contributed by atoms with Crippen LogP contribution in [0.3, 0.4) is 0 Å². The largest absolute Gasteiger partial charge is 0.497 e. The highest BCUT2D eigenvalue weighted by Gasteiger charge is 2.35. The molecule has 0 spiro atoms. The molecule has 1 unspecified atom stereocenters. The number of fused-ring (bicyclic) bond motifs is 1. The minimum Gasteiger partial charge on any atom is -0.497 e. The first-order valence-corrected chi connectivity index (χ1v) is 11.4. The Hall–Kier alpha value is -4.20. The standard InChI is InChI=1S/C27H29N5O3/c1-27(2,3)28-26(34)25(19-11-10-14-21(17-19)35-4)32(20-12-6-5-7-13-20)24(33)18-31-23-16-9-8-15-22(23)29-30-31/h5-17,25H,18H2,1-4H3,(H,28,34). The van der Waals surface area contributed by atoms with E-state index in [2.05, 4.69) is 15.6 Å². The molecule has 0 bridgehead atoms. The number of hydrogen-bond acceptors (Lipinski definition) is 5. The van der Waals surface area contributed by atoms with Crippen LogP contribution in [-0.4, -0.2) is 39.5 Å². The van der Waals surface area contributed by atoms with Gasteiger partial charge < -0.3 is 10.1 Å². The SMILES string of the molecule is COc1cccc(C(C(=O)NC(C)(C)C)N(C(=O)Cn2nnc3ccccc32)c2ccccc2)c1. The second-order valence-electron chi connectivity index (χ2n) is 9.25. The first kappa shape index (κ1) is 23.9. The third-order valence-electron chi connectivity index (χ3n) is 5.42. The van der Waals surface area contributed by atoms with Gasteiger partial charge in [-0.05, 0) is 62.7 Å². The predicted octanol–water partition coefficient (Wildman–Crippen LogP) is 4.13. The lowest BCUT2D eigenvalue weighted by molar-refractivity contribution is -0.128. The van der Waals surface area contributed by atoms with Crippen molar-refractivity contribution in [1.82, 2.24) is 20.3 Å². The maximum Gasteiger partial charge on any atom is 0.249 e. The minimum atomic E-state index is -0.936. The van der Waals surface area contributed by atoms with Crippen molar-refractivity contribution < 1.29 is 14.3 Å². The number of rotatable bonds is 7. The summed E-state index contributed by atoms with van der Waals surface area (Å²) in [7, 11) is 1.57. The highest BCUT2D eigenvalue weighted by atomic mass is 16.5. The van der Waals surface area contributed by atoms with Crippen LogP contribution in [0.4, 0.5) is 5.69 Å². The number of aromatic nitrogens is 3. The van der Waals surface area contributed by atoms with Gasteiger partial charge in [-0.3, -0.25) is 14.5 Å². The van der Waals surface area contributed by atoms with Gasteiger partial charge in [-0.1, -0.05) is 47.7 Å². The molecule has 0 fully saturated rings. The molecule has 35 heavy (non-hydrogen) atoms. The number of carbonyl (C=O) groups is 2. The Balaban J connectivity index is 1.81. The molecule has 0 radical (unpaired) electrons. The zero-order valence-corrected chi connectivity index (χ0v) is 20.3. The maximum atomic E-state index is 13.9. The van der Waals surface area contributed by atoms with Crippen molar-refractivity contribution in [2.45, 2.75) is 38.9 Å². The maximum absolute atomic E-state index is 13.9.